The molecular formula is C27H36N4O2. The van der Waals surface area contributed by atoms with Gasteiger partial charge in [-0.3, -0.25) is 14.6 Å². The van der Waals surface area contributed by atoms with E-state index in [1.165, 1.54) is 17.3 Å². The van der Waals surface area contributed by atoms with Crippen LogP contribution in [0.5, 0.6) is 5.75 Å². The van der Waals surface area contributed by atoms with Crippen molar-refractivity contribution >= 4 is 12.1 Å². The quantitative estimate of drug-likeness (QED) is 0.367. The molecule has 0 radical (unpaired) electrons. The topological polar surface area (TPSA) is 68.2 Å². The van der Waals surface area contributed by atoms with E-state index in [4.69, 9.17) is 0 Å². The highest BCUT2D eigenvalue weighted by Gasteiger charge is 2.19. The molecule has 6 nitrogen and oxygen atoms in total. The SMILES string of the molecule is C=CCc1cccc(C=NNC(=O)CN2CCN(Cc3ccc(C(C)(C)C)cc3)CC2)c1O. The molecule has 1 aliphatic rings. The van der Waals surface area contributed by atoms with Crippen molar-refractivity contribution < 1.29 is 9.90 Å². The number of nitrogens with zero attached hydrogens (tertiary/aromatic N) is 3. The number of rotatable bonds is 8. The average molecular weight is 449 g/mol. The lowest BCUT2D eigenvalue weighted by Gasteiger charge is -2.34. The molecule has 1 fully saturated rings. The molecule has 3 rings (SSSR count). The molecule has 2 aromatic carbocycles. The lowest BCUT2D eigenvalue weighted by atomic mass is 9.87. The molecule has 0 aliphatic carbocycles. The van der Waals surface area contributed by atoms with E-state index in [1.807, 2.05) is 12.1 Å². The van der Waals surface area contributed by atoms with Gasteiger partial charge < -0.3 is 5.11 Å². The number of benzene rings is 2. The Balaban J connectivity index is 1.42. The minimum atomic E-state index is -0.154. The van der Waals surface area contributed by atoms with Crippen LogP contribution in [0.1, 0.15) is 43.0 Å². The van der Waals surface area contributed by atoms with Crippen LogP contribution in [0.25, 0.3) is 0 Å². The van der Waals surface area contributed by atoms with Gasteiger partial charge in [0.25, 0.3) is 5.91 Å². The van der Waals surface area contributed by atoms with E-state index in [-0.39, 0.29) is 17.1 Å². The van der Waals surface area contributed by atoms with Gasteiger partial charge in [0.15, 0.2) is 0 Å². The Kier molecular flexibility index (Phi) is 8.42. The van der Waals surface area contributed by atoms with Crippen LogP contribution >= 0.6 is 0 Å². The zero-order valence-electron chi connectivity index (χ0n) is 20.1. The third-order valence-electron chi connectivity index (χ3n) is 5.97. The molecule has 1 amide bonds. The number of amides is 1. The van der Waals surface area contributed by atoms with Crippen molar-refractivity contribution in [3.63, 3.8) is 0 Å². The van der Waals surface area contributed by atoms with Crippen LogP contribution in [0.4, 0.5) is 0 Å². The van der Waals surface area contributed by atoms with Crippen LogP contribution in [-0.2, 0) is 23.2 Å². The molecule has 0 atom stereocenters. The highest BCUT2D eigenvalue weighted by Crippen LogP contribution is 2.23. The number of carbonyl (C=O) groups excluding carboxylic acids is 1. The number of aromatic hydroxyl groups is 1. The number of hydrazone groups is 1. The fourth-order valence-electron chi connectivity index (χ4n) is 3.92. The maximum absolute atomic E-state index is 12.3. The minimum absolute atomic E-state index is 0.154. The minimum Gasteiger partial charge on any atom is -0.507 e. The summed E-state index contributed by atoms with van der Waals surface area (Å²) in [5.74, 6) is 0.0128. The van der Waals surface area contributed by atoms with Gasteiger partial charge in [0, 0.05) is 38.3 Å². The molecule has 0 aromatic heterocycles. The number of allylic oxidation sites excluding steroid dienone is 1. The number of phenolic OH excluding ortho intramolecular Hbond substituents is 1. The monoisotopic (exact) mass is 448 g/mol. The van der Waals surface area contributed by atoms with Gasteiger partial charge in [-0.15, -0.1) is 6.58 Å². The fourth-order valence-corrected chi connectivity index (χ4v) is 3.92. The summed E-state index contributed by atoms with van der Waals surface area (Å²) in [7, 11) is 0. The van der Waals surface area contributed by atoms with E-state index in [2.05, 4.69) is 71.9 Å². The zero-order chi connectivity index (χ0) is 23.8. The van der Waals surface area contributed by atoms with Gasteiger partial charge >= 0.3 is 0 Å². The Hall–Kier alpha value is -2.96. The first kappa shape index (κ1) is 24.7. The second-order valence-electron chi connectivity index (χ2n) is 9.64. The number of phenols is 1. The molecule has 1 heterocycles. The molecule has 176 valence electrons. The van der Waals surface area contributed by atoms with Crippen LogP contribution in [0.2, 0.25) is 0 Å². The maximum atomic E-state index is 12.3. The highest BCUT2D eigenvalue weighted by atomic mass is 16.3. The molecule has 0 spiro atoms. The first-order valence-corrected chi connectivity index (χ1v) is 11.5. The smallest absolute Gasteiger partial charge is 0.254 e. The molecule has 1 saturated heterocycles. The molecule has 0 unspecified atom stereocenters. The van der Waals surface area contributed by atoms with Crippen molar-refractivity contribution in [1.82, 2.24) is 15.2 Å². The summed E-state index contributed by atoms with van der Waals surface area (Å²) >= 11 is 0. The van der Waals surface area contributed by atoms with Crippen LogP contribution in [-0.4, -0.2) is 59.8 Å². The summed E-state index contributed by atoms with van der Waals surface area (Å²) in [6.45, 7) is 15.2. The number of hydrogen-bond acceptors (Lipinski definition) is 5. The predicted molar refractivity (Wildman–Crippen MR) is 135 cm³/mol. The Morgan fingerprint density at radius 2 is 1.76 bits per heavy atom. The molecule has 0 saturated carbocycles. The van der Waals surface area contributed by atoms with Crippen molar-refractivity contribution in [2.75, 3.05) is 32.7 Å². The average Bonchev–Trinajstić information content (AvgIpc) is 2.77. The summed E-state index contributed by atoms with van der Waals surface area (Å²) in [4.78, 5) is 16.9. The van der Waals surface area contributed by atoms with Gasteiger partial charge in [0.1, 0.15) is 5.75 Å². The van der Waals surface area contributed by atoms with Crippen molar-refractivity contribution in [3.05, 3.63) is 77.4 Å². The molecule has 2 N–H and O–H groups in total. The first-order chi connectivity index (χ1) is 15.8. The molecule has 33 heavy (non-hydrogen) atoms. The second-order valence-corrected chi connectivity index (χ2v) is 9.64. The maximum Gasteiger partial charge on any atom is 0.254 e. The Morgan fingerprint density at radius 1 is 1.09 bits per heavy atom. The summed E-state index contributed by atoms with van der Waals surface area (Å²) < 4.78 is 0. The predicted octanol–water partition coefficient (Wildman–Crippen LogP) is 3.69. The standard InChI is InChI=1S/C27H36N4O2/c1-5-7-22-8-6-9-23(26(22)33)18-28-29-25(32)20-31-16-14-30(15-17-31)19-21-10-12-24(13-11-21)27(2,3)4/h5-6,8-13,18,33H,1,7,14-17,19-20H2,2-4H3,(H,29,32). The normalized spacial score (nSPS) is 15.6. The van der Waals surface area contributed by atoms with E-state index in [0.29, 0.717) is 18.5 Å². The van der Waals surface area contributed by atoms with Crippen LogP contribution < -0.4 is 5.43 Å². The Morgan fingerprint density at radius 3 is 2.39 bits per heavy atom. The molecule has 2 aromatic rings. The third kappa shape index (κ3) is 7.27. The number of carbonyl (C=O) groups is 1. The zero-order valence-corrected chi connectivity index (χ0v) is 20.1. The van der Waals surface area contributed by atoms with Gasteiger partial charge in [-0.1, -0.05) is 63.2 Å². The van der Waals surface area contributed by atoms with Crippen molar-refractivity contribution in [2.24, 2.45) is 5.10 Å². The van der Waals surface area contributed by atoms with Gasteiger partial charge in [-0.25, -0.2) is 5.43 Å². The van der Waals surface area contributed by atoms with Crippen molar-refractivity contribution in [2.45, 2.75) is 39.2 Å². The van der Waals surface area contributed by atoms with Crippen LogP contribution in [0.3, 0.4) is 0 Å². The lowest BCUT2D eigenvalue weighted by molar-refractivity contribution is -0.122. The number of hydrogen-bond donors (Lipinski definition) is 2. The fraction of sp³-hybridized carbons (Fsp3) is 0.407. The molecule has 1 aliphatic heterocycles. The summed E-state index contributed by atoms with van der Waals surface area (Å²) in [6.07, 6.45) is 3.79. The van der Waals surface area contributed by atoms with Crippen molar-refractivity contribution in [3.8, 4) is 5.75 Å². The van der Waals surface area contributed by atoms with Gasteiger partial charge in [0.2, 0.25) is 0 Å². The third-order valence-corrected chi connectivity index (χ3v) is 5.97. The Bertz CT molecular complexity index is 969. The van der Waals surface area contributed by atoms with Gasteiger partial charge in [-0.05, 0) is 34.6 Å². The molecule has 0 bridgehead atoms. The highest BCUT2D eigenvalue weighted by molar-refractivity contribution is 5.86. The van der Waals surface area contributed by atoms with E-state index in [1.54, 1.807) is 12.1 Å². The molecule has 6 heteroatoms. The van der Waals surface area contributed by atoms with Gasteiger partial charge in [-0.2, -0.15) is 5.10 Å². The van der Waals surface area contributed by atoms with E-state index >= 15 is 0 Å². The summed E-state index contributed by atoms with van der Waals surface area (Å²) in [5, 5.41) is 14.3. The van der Waals surface area contributed by atoms with E-state index < -0.39 is 0 Å². The van der Waals surface area contributed by atoms with E-state index in [9.17, 15) is 9.90 Å². The molecular weight excluding hydrogens is 412 g/mol. The lowest BCUT2D eigenvalue weighted by Crippen LogP contribution is -2.48. The summed E-state index contributed by atoms with van der Waals surface area (Å²) in [5.41, 5.74) is 6.76. The van der Waals surface area contributed by atoms with Crippen LogP contribution in [0, 0.1) is 0 Å². The Labute approximate surface area is 197 Å². The van der Waals surface area contributed by atoms with Gasteiger partial charge in [0.05, 0.1) is 12.8 Å². The number of nitrogens with one attached hydrogen (secondary N) is 1. The first-order valence-electron chi connectivity index (χ1n) is 11.5. The summed E-state index contributed by atoms with van der Waals surface area (Å²) in [6, 6.07) is 14.4. The van der Waals surface area contributed by atoms with Crippen molar-refractivity contribution in [1.29, 1.82) is 0 Å². The second kappa shape index (κ2) is 11.3. The van der Waals surface area contributed by atoms with Crippen LogP contribution in [0.15, 0.2) is 60.2 Å². The largest absolute Gasteiger partial charge is 0.507 e. The number of piperazine rings is 1. The van der Waals surface area contributed by atoms with E-state index in [0.717, 1.165) is 38.3 Å². The number of para-hydroxylation sites is 1.